The molecule has 1 heterocycles. The van der Waals surface area contributed by atoms with Crippen molar-refractivity contribution >= 4 is 0 Å². The molecule has 0 aromatic heterocycles. The number of fused-ring (bicyclic) bond motifs is 3. The minimum Gasteiger partial charge on any atom is -0.375 e. The first-order chi connectivity index (χ1) is 8.31. The first-order valence-electron chi connectivity index (χ1n) is 7.95. The lowest BCUT2D eigenvalue weighted by atomic mass is 9.43. The molecule has 1 nitrogen and oxygen atoms in total. The fourth-order valence-electron chi connectivity index (χ4n) is 5.91. The summed E-state index contributed by atoms with van der Waals surface area (Å²) in [6.07, 6.45) is 6.79. The smallest absolute Gasteiger partial charge is 0.0688 e. The molecule has 5 atom stereocenters. The molecule has 2 saturated carbocycles. The topological polar surface area (TPSA) is 9.23 Å². The largest absolute Gasteiger partial charge is 0.375 e. The number of rotatable bonds is 0. The molecule has 2 aliphatic carbocycles. The molecule has 1 heteroatoms. The summed E-state index contributed by atoms with van der Waals surface area (Å²) in [7, 11) is 0. The van der Waals surface area contributed by atoms with Crippen LogP contribution in [0.25, 0.3) is 0 Å². The van der Waals surface area contributed by atoms with E-state index in [0.717, 1.165) is 24.4 Å². The molecule has 0 aromatic carbocycles. The van der Waals surface area contributed by atoms with E-state index in [-0.39, 0.29) is 5.60 Å². The van der Waals surface area contributed by atoms with E-state index in [9.17, 15) is 0 Å². The summed E-state index contributed by atoms with van der Waals surface area (Å²) in [5, 5.41) is 0. The Kier molecular flexibility index (Phi) is 2.70. The molecule has 1 unspecified atom stereocenters. The van der Waals surface area contributed by atoms with Crippen LogP contribution < -0.4 is 0 Å². The van der Waals surface area contributed by atoms with Crippen LogP contribution in [-0.2, 0) is 4.74 Å². The molecule has 3 aliphatic rings. The summed E-state index contributed by atoms with van der Waals surface area (Å²) in [5.41, 5.74) is 1.23. The van der Waals surface area contributed by atoms with Crippen LogP contribution in [0.2, 0.25) is 0 Å². The monoisotopic (exact) mass is 250 g/mol. The van der Waals surface area contributed by atoms with Gasteiger partial charge in [-0.15, -0.1) is 0 Å². The number of hydrogen-bond donors (Lipinski definition) is 0. The lowest BCUT2D eigenvalue weighted by Gasteiger charge is -2.62. The van der Waals surface area contributed by atoms with Crippen molar-refractivity contribution in [2.45, 2.75) is 72.3 Å². The van der Waals surface area contributed by atoms with Gasteiger partial charge in [0.1, 0.15) is 0 Å². The van der Waals surface area contributed by atoms with E-state index in [1.807, 2.05) is 0 Å². The van der Waals surface area contributed by atoms with Crippen molar-refractivity contribution in [1.82, 2.24) is 0 Å². The van der Waals surface area contributed by atoms with Crippen molar-refractivity contribution in [2.24, 2.45) is 28.6 Å². The van der Waals surface area contributed by atoms with E-state index < -0.39 is 0 Å². The fourth-order valence-corrected chi connectivity index (χ4v) is 5.91. The van der Waals surface area contributed by atoms with Crippen LogP contribution in [-0.4, -0.2) is 12.2 Å². The summed E-state index contributed by atoms with van der Waals surface area (Å²) in [6, 6.07) is 0. The Morgan fingerprint density at radius 2 is 1.61 bits per heavy atom. The first-order valence-corrected chi connectivity index (χ1v) is 7.95. The van der Waals surface area contributed by atoms with Gasteiger partial charge >= 0.3 is 0 Å². The molecule has 1 saturated heterocycles. The predicted octanol–water partition coefficient (Wildman–Crippen LogP) is 4.65. The van der Waals surface area contributed by atoms with Gasteiger partial charge in [0.05, 0.1) is 5.60 Å². The maximum Gasteiger partial charge on any atom is 0.0688 e. The van der Waals surface area contributed by atoms with Crippen molar-refractivity contribution < 1.29 is 4.74 Å². The van der Waals surface area contributed by atoms with E-state index in [0.29, 0.717) is 10.8 Å². The summed E-state index contributed by atoms with van der Waals surface area (Å²) in [5.74, 6) is 2.58. The number of ether oxygens (including phenoxy) is 1. The Hall–Kier alpha value is -0.0400. The van der Waals surface area contributed by atoms with Gasteiger partial charge in [0.25, 0.3) is 0 Å². The van der Waals surface area contributed by atoms with Gasteiger partial charge in [-0.3, -0.25) is 0 Å². The second-order valence-electron chi connectivity index (χ2n) is 8.36. The molecule has 0 spiro atoms. The van der Waals surface area contributed by atoms with Crippen molar-refractivity contribution in [3.8, 4) is 0 Å². The molecule has 104 valence electrons. The molecule has 0 N–H and O–H groups in total. The maximum atomic E-state index is 6.15. The predicted molar refractivity (Wildman–Crippen MR) is 75.5 cm³/mol. The van der Waals surface area contributed by atoms with Gasteiger partial charge in [-0.25, -0.2) is 0 Å². The third kappa shape index (κ3) is 1.49. The quantitative estimate of drug-likeness (QED) is 0.608. The molecular formula is C17H30O. The molecule has 0 bridgehead atoms. The van der Waals surface area contributed by atoms with Crippen LogP contribution in [0, 0.1) is 28.6 Å². The highest BCUT2D eigenvalue weighted by Gasteiger charge is 2.61. The van der Waals surface area contributed by atoms with Gasteiger partial charge in [0.15, 0.2) is 0 Å². The second-order valence-corrected chi connectivity index (χ2v) is 8.36. The fraction of sp³-hybridized carbons (Fsp3) is 1.00. The van der Waals surface area contributed by atoms with Gasteiger partial charge in [0.2, 0.25) is 0 Å². The highest BCUT2D eigenvalue weighted by Crippen LogP contribution is 2.65. The summed E-state index contributed by atoms with van der Waals surface area (Å²) in [4.78, 5) is 0. The van der Waals surface area contributed by atoms with Gasteiger partial charge in [-0.05, 0) is 67.6 Å². The molecule has 3 rings (SSSR count). The summed E-state index contributed by atoms with van der Waals surface area (Å²) >= 11 is 0. The van der Waals surface area contributed by atoms with E-state index in [2.05, 4.69) is 34.6 Å². The van der Waals surface area contributed by atoms with Crippen molar-refractivity contribution in [3.05, 3.63) is 0 Å². The molecule has 18 heavy (non-hydrogen) atoms. The Morgan fingerprint density at radius 1 is 0.889 bits per heavy atom. The molecule has 0 aromatic rings. The molecular weight excluding hydrogens is 220 g/mol. The summed E-state index contributed by atoms with van der Waals surface area (Å²) in [6.45, 7) is 13.5. The maximum absolute atomic E-state index is 6.15. The normalized spacial score (nSPS) is 54.8. The molecule has 0 amide bonds. The van der Waals surface area contributed by atoms with Crippen molar-refractivity contribution in [1.29, 1.82) is 0 Å². The minimum atomic E-state index is 0.196. The lowest BCUT2D eigenvalue weighted by molar-refractivity contribution is -0.161. The van der Waals surface area contributed by atoms with Gasteiger partial charge < -0.3 is 4.74 Å². The Bertz CT molecular complexity index is 348. The first kappa shape index (κ1) is 13.0. The summed E-state index contributed by atoms with van der Waals surface area (Å²) < 4.78 is 6.15. The van der Waals surface area contributed by atoms with Crippen LogP contribution in [0.5, 0.6) is 0 Å². The minimum absolute atomic E-state index is 0.196. The van der Waals surface area contributed by atoms with Crippen molar-refractivity contribution in [2.75, 3.05) is 6.61 Å². The van der Waals surface area contributed by atoms with Gasteiger partial charge in [-0.2, -0.15) is 0 Å². The van der Waals surface area contributed by atoms with Gasteiger partial charge in [0, 0.05) is 6.61 Å². The van der Waals surface area contributed by atoms with Crippen LogP contribution >= 0.6 is 0 Å². The van der Waals surface area contributed by atoms with E-state index in [1.54, 1.807) is 0 Å². The average molecular weight is 250 g/mol. The zero-order valence-electron chi connectivity index (χ0n) is 12.9. The third-order valence-corrected chi connectivity index (χ3v) is 7.38. The van der Waals surface area contributed by atoms with Crippen LogP contribution in [0.15, 0.2) is 0 Å². The standard InChI is InChI=1S/C17H30O/c1-12-6-9-16(4)13(15(12,2)3)7-10-17(5)14(16)8-11-18-17/h12-14H,6-11H2,1-5H3/t12-,13-,14+,16?,17-/m0/s1. The Morgan fingerprint density at radius 3 is 2.33 bits per heavy atom. The Labute approximate surface area is 113 Å². The molecule has 1 aliphatic heterocycles. The van der Waals surface area contributed by atoms with E-state index in [1.165, 1.54) is 32.1 Å². The molecule has 3 fully saturated rings. The average Bonchev–Trinajstić information content (AvgIpc) is 2.68. The zero-order chi connectivity index (χ0) is 13.2. The highest BCUT2D eigenvalue weighted by atomic mass is 16.5. The van der Waals surface area contributed by atoms with Gasteiger partial charge in [-0.1, -0.05) is 27.7 Å². The second kappa shape index (κ2) is 3.75. The zero-order valence-corrected chi connectivity index (χ0v) is 12.9. The number of hydrogen-bond acceptors (Lipinski definition) is 1. The molecule has 0 radical (unpaired) electrons. The van der Waals surface area contributed by atoms with Crippen molar-refractivity contribution in [3.63, 3.8) is 0 Å². The van der Waals surface area contributed by atoms with E-state index in [4.69, 9.17) is 4.74 Å². The van der Waals surface area contributed by atoms with Crippen LogP contribution in [0.4, 0.5) is 0 Å². The highest BCUT2D eigenvalue weighted by molar-refractivity contribution is 5.10. The Balaban J connectivity index is 1.98. The third-order valence-electron chi connectivity index (χ3n) is 7.38. The van der Waals surface area contributed by atoms with E-state index >= 15 is 0 Å². The SMILES string of the molecule is C[C@H]1CCC2(C)[C@H]3CCO[C@@]3(C)CC[C@H]2C1(C)C. The lowest BCUT2D eigenvalue weighted by Crippen LogP contribution is -2.57. The van der Waals surface area contributed by atoms with Crippen LogP contribution in [0.1, 0.15) is 66.7 Å². The van der Waals surface area contributed by atoms with Crippen LogP contribution in [0.3, 0.4) is 0 Å².